The van der Waals surface area contributed by atoms with Crippen molar-refractivity contribution in [2.45, 2.75) is 13.1 Å². The summed E-state index contributed by atoms with van der Waals surface area (Å²) in [5.41, 5.74) is 0.519. The van der Waals surface area contributed by atoms with Gasteiger partial charge in [0.1, 0.15) is 0 Å². The van der Waals surface area contributed by atoms with E-state index in [1.807, 2.05) is 0 Å². The van der Waals surface area contributed by atoms with E-state index in [1.165, 1.54) is 13.3 Å². The predicted molar refractivity (Wildman–Crippen MR) is 79.6 cm³/mol. The molecule has 0 saturated carbocycles. The third-order valence-electron chi connectivity index (χ3n) is 2.71. The van der Waals surface area contributed by atoms with E-state index >= 15 is 0 Å². The van der Waals surface area contributed by atoms with Crippen LogP contribution < -0.4 is 9.47 Å². The van der Waals surface area contributed by atoms with Gasteiger partial charge in [0.05, 0.1) is 19.9 Å². The first-order valence-electron chi connectivity index (χ1n) is 6.46. The van der Waals surface area contributed by atoms with Crippen LogP contribution in [0.1, 0.15) is 18.3 Å². The van der Waals surface area contributed by atoms with Crippen LogP contribution in [0.25, 0.3) is 0 Å². The lowest BCUT2D eigenvalue weighted by molar-refractivity contribution is -0.147. The van der Waals surface area contributed by atoms with Crippen molar-refractivity contribution in [1.29, 1.82) is 0 Å². The van der Waals surface area contributed by atoms with Crippen LogP contribution in [0.3, 0.4) is 0 Å². The quantitative estimate of drug-likeness (QED) is 0.667. The van der Waals surface area contributed by atoms with Crippen LogP contribution in [-0.2, 0) is 6.18 Å². The number of benzene rings is 1. The molecule has 1 aromatic carbocycles. The van der Waals surface area contributed by atoms with E-state index in [0.717, 1.165) is 0 Å². The van der Waals surface area contributed by atoms with Crippen LogP contribution in [0.4, 0.5) is 13.2 Å². The van der Waals surface area contributed by atoms with Crippen molar-refractivity contribution >= 4 is 18.4 Å². The number of halogens is 3. The van der Waals surface area contributed by atoms with Gasteiger partial charge in [0, 0.05) is 0 Å². The molecule has 0 saturated heterocycles. The number of ether oxygens (including phenoxy) is 2. The molecule has 0 radical (unpaired) electrons. The largest absolute Gasteiger partial charge is 0.493 e. The van der Waals surface area contributed by atoms with Gasteiger partial charge in [0.15, 0.2) is 11.5 Å². The number of rotatable bonds is 5. The molecule has 1 heterocycles. The van der Waals surface area contributed by atoms with Crippen molar-refractivity contribution in [3.8, 4) is 11.5 Å². The van der Waals surface area contributed by atoms with Gasteiger partial charge in [-0.3, -0.25) is 0 Å². The van der Waals surface area contributed by atoms with Crippen molar-refractivity contribution < 1.29 is 22.6 Å². The van der Waals surface area contributed by atoms with E-state index in [9.17, 15) is 13.2 Å². The van der Waals surface area contributed by atoms with Crippen LogP contribution in [-0.4, -0.2) is 34.8 Å². The van der Waals surface area contributed by atoms with Crippen LogP contribution in [0, 0.1) is 4.77 Å². The van der Waals surface area contributed by atoms with E-state index in [2.05, 4.69) is 15.3 Å². The molecule has 124 valence electrons. The summed E-state index contributed by atoms with van der Waals surface area (Å²) in [4.78, 5) is 0. The van der Waals surface area contributed by atoms with Gasteiger partial charge in [0.25, 0.3) is 5.82 Å². The van der Waals surface area contributed by atoms with Gasteiger partial charge >= 0.3 is 6.18 Å². The second-order valence-corrected chi connectivity index (χ2v) is 4.64. The summed E-state index contributed by atoms with van der Waals surface area (Å²) in [6, 6.07) is 4.86. The summed E-state index contributed by atoms with van der Waals surface area (Å²) in [6.45, 7) is 2.22. The monoisotopic (exact) mass is 346 g/mol. The zero-order chi connectivity index (χ0) is 17.0. The van der Waals surface area contributed by atoms with E-state index in [1.54, 1.807) is 25.1 Å². The van der Waals surface area contributed by atoms with Crippen LogP contribution in [0.2, 0.25) is 0 Å². The lowest BCUT2D eigenvalue weighted by Crippen LogP contribution is -2.12. The number of nitrogens with zero attached hydrogens (tertiary/aromatic N) is 3. The standard InChI is InChI=1S/C13H13F3N4O2S/c1-3-22-10-6-8(4-5-9(10)21-2)7-17-20-11(13(14,15)16)18-19-12(20)23/h4-7H,3H2,1-2H3,(H,19,23)/b17-7-. The summed E-state index contributed by atoms with van der Waals surface area (Å²) in [5.74, 6) is -0.247. The highest BCUT2D eigenvalue weighted by molar-refractivity contribution is 7.71. The molecule has 0 amide bonds. The van der Waals surface area contributed by atoms with Crippen molar-refractivity contribution in [3.05, 3.63) is 34.4 Å². The van der Waals surface area contributed by atoms with Crippen LogP contribution in [0.15, 0.2) is 23.3 Å². The molecule has 0 unspecified atom stereocenters. The zero-order valence-corrected chi connectivity index (χ0v) is 13.0. The first-order chi connectivity index (χ1) is 10.9. The van der Waals surface area contributed by atoms with Crippen molar-refractivity contribution in [1.82, 2.24) is 14.9 Å². The number of H-pyrrole nitrogens is 1. The lowest BCUT2D eigenvalue weighted by Gasteiger charge is -2.09. The van der Waals surface area contributed by atoms with Gasteiger partial charge in [-0.2, -0.15) is 22.9 Å². The molecule has 0 spiro atoms. The molecule has 2 aromatic rings. The lowest BCUT2D eigenvalue weighted by atomic mass is 10.2. The number of alkyl halides is 3. The molecule has 2 rings (SSSR count). The second-order valence-electron chi connectivity index (χ2n) is 4.25. The van der Waals surface area contributed by atoms with Crippen molar-refractivity contribution in [2.75, 3.05) is 13.7 Å². The predicted octanol–water partition coefficient (Wildman–Crippen LogP) is 3.25. The molecule has 23 heavy (non-hydrogen) atoms. The maximum atomic E-state index is 12.8. The summed E-state index contributed by atoms with van der Waals surface area (Å²) in [6.07, 6.45) is -3.44. The Balaban J connectivity index is 2.36. The molecule has 0 atom stereocenters. The average Bonchev–Trinajstić information content (AvgIpc) is 2.87. The highest BCUT2D eigenvalue weighted by atomic mass is 32.1. The maximum absolute atomic E-state index is 12.8. The second kappa shape index (κ2) is 6.82. The maximum Gasteiger partial charge on any atom is 0.453 e. The molecule has 0 bridgehead atoms. The first kappa shape index (κ1) is 17.0. The molecule has 0 aliphatic heterocycles. The van der Waals surface area contributed by atoms with E-state index in [0.29, 0.717) is 28.3 Å². The molecule has 6 nitrogen and oxygen atoms in total. The normalized spacial score (nSPS) is 11.9. The topological polar surface area (TPSA) is 64.4 Å². The van der Waals surface area contributed by atoms with Crippen LogP contribution >= 0.6 is 12.2 Å². The van der Waals surface area contributed by atoms with Gasteiger partial charge in [-0.25, -0.2) is 5.10 Å². The minimum Gasteiger partial charge on any atom is -0.493 e. The Bertz CT molecular complexity index is 767. The van der Waals surface area contributed by atoms with Gasteiger partial charge < -0.3 is 9.47 Å². The number of nitrogens with one attached hydrogen (secondary N) is 1. The SMILES string of the molecule is CCOc1cc(/C=N\n2c(C(F)(F)F)n[nH]c2=S)ccc1OC. The minimum atomic E-state index is -4.67. The highest BCUT2D eigenvalue weighted by Gasteiger charge is 2.37. The molecule has 1 aromatic heterocycles. The third-order valence-corrected chi connectivity index (χ3v) is 2.98. The van der Waals surface area contributed by atoms with Gasteiger partial charge in [-0.15, -0.1) is 5.10 Å². The van der Waals surface area contributed by atoms with E-state index in [4.69, 9.17) is 21.7 Å². The fraction of sp³-hybridized carbons (Fsp3) is 0.308. The average molecular weight is 346 g/mol. The molecular formula is C13H13F3N4O2S. The van der Waals surface area contributed by atoms with Gasteiger partial charge in [-0.1, -0.05) is 0 Å². The Morgan fingerprint density at radius 2 is 2.13 bits per heavy atom. The van der Waals surface area contributed by atoms with Gasteiger partial charge in [0.2, 0.25) is 4.77 Å². The Morgan fingerprint density at radius 1 is 1.39 bits per heavy atom. The van der Waals surface area contributed by atoms with E-state index < -0.39 is 12.0 Å². The van der Waals surface area contributed by atoms with Crippen molar-refractivity contribution in [3.63, 3.8) is 0 Å². The molecule has 10 heteroatoms. The zero-order valence-electron chi connectivity index (χ0n) is 12.2. The summed E-state index contributed by atoms with van der Waals surface area (Å²) in [7, 11) is 1.49. The number of hydrogen-bond donors (Lipinski definition) is 1. The third kappa shape index (κ3) is 3.89. The Morgan fingerprint density at radius 3 is 2.74 bits per heavy atom. The van der Waals surface area contributed by atoms with Crippen molar-refractivity contribution in [2.24, 2.45) is 5.10 Å². The molecule has 0 aliphatic rings. The first-order valence-corrected chi connectivity index (χ1v) is 6.87. The van der Waals surface area contributed by atoms with Crippen LogP contribution in [0.5, 0.6) is 11.5 Å². The summed E-state index contributed by atoms with van der Waals surface area (Å²) in [5, 5.41) is 8.94. The number of aromatic nitrogens is 3. The smallest absolute Gasteiger partial charge is 0.453 e. The Kier molecular flexibility index (Phi) is 5.04. The summed E-state index contributed by atoms with van der Waals surface area (Å²) >= 11 is 4.75. The molecule has 1 N–H and O–H groups in total. The fourth-order valence-corrected chi connectivity index (χ4v) is 1.93. The number of methoxy groups -OCH3 is 1. The summed E-state index contributed by atoms with van der Waals surface area (Å²) < 4.78 is 49.2. The number of hydrogen-bond acceptors (Lipinski definition) is 5. The molecule has 0 aliphatic carbocycles. The number of aromatic amines is 1. The van der Waals surface area contributed by atoms with Gasteiger partial charge in [-0.05, 0) is 42.9 Å². The van der Waals surface area contributed by atoms with E-state index in [-0.39, 0.29) is 4.77 Å². The minimum absolute atomic E-state index is 0.257. The Labute approximate surface area is 134 Å². The Hall–Kier alpha value is -2.36. The highest BCUT2D eigenvalue weighted by Crippen LogP contribution is 2.28. The fourth-order valence-electron chi connectivity index (χ4n) is 1.75. The molecular weight excluding hydrogens is 333 g/mol. The molecule has 0 fully saturated rings.